The first-order valence-electron chi connectivity index (χ1n) is 6.23. The number of benzene rings is 1. The van der Waals surface area contributed by atoms with Gasteiger partial charge < -0.3 is 0 Å². The molecule has 0 aliphatic carbocycles. The van der Waals surface area contributed by atoms with Gasteiger partial charge in [0.05, 0.1) is 16.6 Å². The van der Waals surface area contributed by atoms with E-state index in [0.29, 0.717) is 5.13 Å². The van der Waals surface area contributed by atoms with Gasteiger partial charge in [0, 0.05) is 17.0 Å². The van der Waals surface area contributed by atoms with E-state index in [1.54, 1.807) is 5.38 Å². The molecule has 0 bridgehead atoms. The SMILES string of the molecule is O=C(Nc1nccs1)c1cccc2cc(C(F)(F)F)c(Cl)nc12. The number of thiazole rings is 1. The number of alkyl halides is 3. The highest BCUT2D eigenvalue weighted by Gasteiger charge is 2.34. The molecule has 0 saturated carbocycles. The Morgan fingerprint density at radius 2 is 2.09 bits per heavy atom. The van der Waals surface area contributed by atoms with Gasteiger partial charge in [-0.3, -0.25) is 10.1 Å². The van der Waals surface area contributed by atoms with Crippen LogP contribution in [-0.2, 0) is 6.18 Å². The van der Waals surface area contributed by atoms with Crippen LogP contribution in [0.4, 0.5) is 18.3 Å². The molecule has 23 heavy (non-hydrogen) atoms. The lowest BCUT2D eigenvalue weighted by Crippen LogP contribution is -2.13. The fourth-order valence-electron chi connectivity index (χ4n) is 2.01. The van der Waals surface area contributed by atoms with Crippen molar-refractivity contribution in [1.29, 1.82) is 0 Å². The summed E-state index contributed by atoms with van der Waals surface area (Å²) in [6, 6.07) is 5.26. The predicted molar refractivity (Wildman–Crippen MR) is 81.8 cm³/mol. The fourth-order valence-corrected chi connectivity index (χ4v) is 2.78. The van der Waals surface area contributed by atoms with E-state index in [9.17, 15) is 18.0 Å². The Bertz CT molecular complexity index is 881. The van der Waals surface area contributed by atoms with Crippen LogP contribution in [0.2, 0.25) is 5.15 Å². The highest BCUT2D eigenvalue weighted by atomic mass is 35.5. The molecule has 3 rings (SSSR count). The molecule has 2 aromatic heterocycles. The molecule has 0 atom stereocenters. The molecule has 0 radical (unpaired) electrons. The van der Waals surface area contributed by atoms with Crippen LogP contribution in [0.5, 0.6) is 0 Å². The Kier molecular flexibility index (Phi) is 3.95. The van der Waals surface area contributed by atoms with Gasteiger partial charge in [-0.05, 0) is 12.1 Å². The van der Waals surface area contributed by atoms with Gasteiger partial charge in [-0.15, -0.1) is 11.3 Å². The third-order valence-electron chi connectivity index (χ3n) is 3.00. The van der Waals surface area contributed by atoms with Crippen molar-refractivity contribution in [3.8, 4) is 0 Å². The quantitative estimate of drug-likeness (QED) is 0.681. The Hall–Kier alpha value is -2.19. The summed E-state index contributed by atoms with van der Waals surface area (Å²) in [6.07, 6.45) is -3.09. The summed E-state index contributed by atoms with van der Waals surface area (Å²) >= 11 is 6.86. The van der Waals surface area contributed by atoms with Gasteiger partial charge in [-0.25, -0.2) is 9.97 Å². The normalized spacial score (nSPS) is 11.7. The van der Waals surface area contributed by atoms with Crippen molar-refractivity contribution < 1.29 is 18.0 Å². The first-order chi connectivity index (χ1) is 10.9. The summed E-state index contributed by atoms with van der Waals surface area (Å²) in [5.41, 5.74) is -0.822. The average molecular weight is 358 g/mol. The zero-order valence-electron chi connectivity index (χ0n) is 11.2. The Morgan fingerprint density at radius 1 is 1.30 bits per heavy atom. The molecule has 3 aromatic rings. The van der Waals surface area contributed by atoms with E-state index in [2.05, 4.69) is 15.3 Å². The third-order valence-corrected chi connectivity index (χ3v) is 3.98. The third kappa shape index (κ3) is 3.13. The minimum atomic E-state index is -4.61. The second-order valence-electron chi connectivity index (χ2n) is 4.49. The molecule has 0 spiro atoms. The van der Waals surface area contributed by atoms with Crippen molar-refractivity contribution in [2.45, 2.75) is 6.18 Å². The average Bonchev–Trinajstić information content (AvgIpc) is 2.97. The topological polar surface area (TPSA) is 54.9 Å². The van der Waals surface area contributed by atoms with Crippen molar-refractivity contribution >= 4 is 44.9 Å². The van der Waals surface area contributed by atoms with Gasteiger partial charge in [-0.2, -0.15) is 13.2 Å². The molecular formula is C14H7ClF3N3OS. The van der Waals surface area contributed by atoms with Gasteiger partial charge in [0.25, 0.3) is 5.91 Å². The number of hydrogen-bond acceptors (Lipinski definition) is 4. The predicted octanol–water partition coefficient (Wildman–Crippen LogP) is 4.62. The van der Waals surface area contributed by atoms with Crippen molar-refractivity contribution in [3.63, 3.8) is 0 Å². The summed E-state index contributed by atoms with van der Waals surface area (Å²) in [6.45, 7) is 0. The fraction of sp³-hybridized carbons (Fsp3) is 0.0714. The largest absolute Gasteiger partial charge is 0.419 e. The molecule has 0 aliphatic rings. The number of nitrogens with zero attached hydrogens (tertiary/aromatic N) is 2. The molecule has 1 aromatic carbocycles. The summed E-state index contributed by atoms with van der Waals surface area (Å²) in [4.78, 5) is 19.9. The van der Waals surface area contributed by atoms with E-state index < -0.39 is 22.8 Å². The van der Waals surface area contributed by atoms with E-state index >= 15 is 0 Å². The number of pyridine rings is 1. The molecule has 0 unspecified atom stereocenters. The van der Waals surface area contributed by atoms with Crippen LogP contribution in [-0.4, -0.2) is 15.9 Å². The van der Waals surface area contributed by atoms with Gasteiger partial charge >= 0.3 is 6.18 Å². The maximum atomic E-state index is 12.9. The molecular weight excluding hydrogens is 351 g/mol. The highest BCUT2D eigenvalue weighted by Crippen LogP contribution is 2.36. The van der Waals surface area contributed by atoms with Gasteiger partial charge in [0.1, 0.15) is 5.15 Å². The molecule has 1 N–H and O–H groups in total. The Morgan fingerprint density at radius 3 is 2.74 bits per heavy atom. The van der Waals surface area contributed by atoms with E-state index in [1.165, 1.54) is 35.7 Å². The summed E-state index contributed by atoms with van der Waals surface area (Å²) in [7, 11) is 0. The molecule has 9 heteroatoms. The van der Waals surface area contributed by atoms with E-state index in [0.717, 1.165) is 6.07 Å². The van der Waals surface area contributed by atoms with E-state index in [-0.39, 0.29) is 16.5 Å². The lowest BCUT2D eigenvalue weighted by Gasteiger charge is -2.11. The number of aromatic nitrogens is 2. The second-order valence-corrected chi connectivity index (χ2v) is 5.75. The number of fused-ring (bicyclic) bond motifs is 1. The van der Waals surface area contributed by atoms with Crippen molar-refractivity contribution in [3.05, 3.63) is 52.1 Å². The smallest absolute Gasteiger partial charge is 0.298 e. The van der Waals surface area contributed by atoms with Crippen LogP contribution in [0.25, 0.3) is 10.9 Å². The summed E-state index contributed by atoms with van der Waals surface area (Å²) in [5, 5.41) is 4.10. The number of halogens is 4. The van der Waals surface area contributed by atoms with Crippen LogP contribution in [0, 0.1) is 0 Å². The van der Waals surface area contributed by atoms with Gasteiger partial charge in [-0.1, -0.05) is 23.7 Å². The first-order valence-corrected chi connectivity index (χ1v) is 7.49. The van der Waals surface area contributed by atoms with Crippen LogP contribution >= 0.6 is 22.9 Å². The van der Waals surface area contributed by atoms with Crippen LogP contribution in [0.15, 0.2) is 35.8 Å². The van der Waals surface area contributed by atoms with Crippen molar-refractivity contribution in [2.75, 3.05) is 5.32 Å². The number of rotatable bonds is 2. The Balaban J connectivity index is 2.08. The van der Waals surface area contributed by atoms with Gasteiger partial charge in [0.15, 0.2) is 5.13 Å². The molecule has 4 nitrogen and oxygen atoms in total. The molecule has 1 amide bonds. The van der Waals surface area contributed by atoms with Crippen LogP contribution < -0.4 is 5.32 Å². The lowest BCUT2D eigenvalue weighted by molar-refractivity contribution is -0.137. The van der Waals surface area contributed by atoms with Crippen molar-refractivity contribution in [1.82, 2.24) is 9.97 Å². The first kappa shape index (κ1) is 15.7. The summed E-state index contributed by atoms with van der Waals surface area (Å²) < 4.78 is 38.6. The number of amides is 1. The minimum Gasteiger partial charge on any atom is -0.298 e. The molecule has 118 valence electrons. The standard InChI is InChI=1S/C14H7ClF3N3OS/c15-11-9(14(16,17)18)6-7-2-1-3-8(10(7)20-11)12(22)21-13-19-4-5-23-13/h1-6H,(H,19,21,22). The zero-order valence-corrected chi connectivity index (χ0v) is 12.8. The summed E-state index contributed by atoms with van der Waals surface area (Å²) in [5.74, 6) is -0.520. The second kappa shape index (κ2) is 5.78. The number of para-hydroxylation sites is 1. The van der Waals surface area contributed by atoms with E-state index in [1.807, 2.05) is 0 Å². The minimum absolute atomic E-state index is 0.0968. The number of nitrogens with one attached hydrogen (secondary N) is 1. The number of hydrogen-bond donors (Lipinski definition) is 1. The highest BCUT2D eigenvalue weighted by molar-refractivity contribution is 7.13. The molecule has 0 fully saturated rings. The van der Waals surface area contributed by atoms with Crippen LogP contribution in [0.1, 0.15) is 15.9 Å². The van der Waals surface area contributed by atoms with Crippen LogP contribution in [0.3, 0.4) is 0 Å². The number of carbonyl (C=O) groups excluding carboxylic acids is 1. The number of anilines is 1. The van der Waals surface area contributed by atoms with Crippen molar-refractivity contribution in [2.24, 2.45) is 0 Å². The maximum Gasteiger partial charge on any atom is 0.419 e. The van der Waals surface area contributed by atoms with E-state index in [4.69, 9.17) is 11.6 Å². The lowest BCUT2D eigenvalue weighted by atomic mass is 10.1. The zero-order chi connectivity index (χ0) is 16.6. The van der Waals surface area contributed by atoms with Gasteiger partial charge in [0.2, 0.25) is 0 Å². The maximum absolute atomic E-state index is 12.9. The monoisotopic (exact) mass is 357 g/mol. The molecule has 2 heterocycles. The molecule has 0 aliphatic heterocycles. The Labute approximate surface area is 136 Å². The molecule has 0 saturated heterocycles. The number of carbonyl (C=O) groups is 1.